The molecule has 2 aromatic carbocycles. The molecular formula is C17H13FN2S. The zero-order chi connectivity index (χ0) is 14.5. The molecule has 1 heterocycles. The van der Waals surface area contributed by atoms with Gasteiger partial charge in [0.2, 0.25) is 0 Å². The van der Waals surface area contributed by atoms with Crippen LogP contribution in [0.3, 0.4) is 0 Å². The highest BCUT2D eigenvalue weighted by Crippen LogP contribution is 2.23. The molecule has 4 heteroatoms. The molecule has 0 unspecified atom stereocenters. The normalized spacial score (nSPS) is 10.5. The van der Waals surface area contributed by atoms with Gasteiger partial charge in [0.25, 0.3) is 0 Å². The van der Waals surface area contributed by atoms with E-state index in [-0.39, 0.29) is 5.82 Å². The summed E-state index contributed by atoms with van der Waals surface area (Å²) in [5, 5.41) is 9.20. The number of benzene rings is 2. The highest BCUT2D eigenvalue weighted by Gasteiger charge is 2.04. The summed E-state index contributed by atoms with van der Waals surface area (Å²) in [5.74, 6) is 0.366. The quantitative estimate of drug-likeness (QED) is 0.659. The number of hydrogen-bond donors (Lipinski definition) is 0. The maximum atomic E-state index is 13.5. The summed E-state index contributed by atoms with van der Waals surface area (Å²) in [5.41, 5.74) is 2.55. The Morgan fingerprint density at radius 1 is 0.810 bits per heavy atom. The first-order chi connectivity index (χ1) is 10.3. The third-order valence-corrected chi connectivity index (χ3v) is 4.01. The molecule has 1 aromatic heterocycles. The Kier molecular flexibility index (Phi) is 4.26. The summed E-state index contributed by atoms with van der Waals surface area (Å²) in [6.45, 7) is 0. The van der Waals surface area contributed by atoms with Crippen molar-refractivity contribution in [3.05, 3.63) is 78.1 Å². The van der Waals surface area contributed by atoms with Crippen molar-refractivity contribution in [1.29, 1.82) is 0 Å². The minimum atomic E-state index is -0.182. The predicted molar refractivity (Wildman–Crippen MR) is 83.4 cm³/mol. The number of aromatic nitrogens is 2. The second-order valence-corrected chi connectivity index (χ2v) is 5.50. The van der Waals surface area contributed by atoms with Crippen LogP contribution in [0.2, 0.25) is 0 Å². The molecule has 21 heavy (non-hydrogen) atoms. The summed E-state index contributed by atoms with van der Waals surface area (Å²) < 4.78 is 13.5. The lowest BCUT2D eigenvalue weighted by molar-refractivity contribution is 0.617. The van der Waals surface area contributed by atoms with Crippen molar-refractivity contribution in [2.45, 2.75) is 10.8 Å². The SMILES string of the molecule is Fc1ccccc1CSc1ccc(-c2ccccc2)nn1. The predicted octanol–water partition coefficient (Wildman–Crippen LogP) is 4.58. The van der Waals surface area contributed by atoms with Gasteiger partial charge in [-0.2, -0.15) is 0 Å². The Morgan fingerprint density at radius 2 is 1.57 bits per heavy atom. The molecule has 0 aliphatic heterocycles. The molecule has 0 radical (unpaired) electrons. The van der Waals surface area contributed by atoms with Gasteiger partial charge in [-0.1, -0.05) is 60.3 Å². The lowest BCUT2D eigenvalue weighted by atomic mass is 10.1. The summed E-state index contributed by atoms with van der Waals surface area (Å²) in [6.07, 6.45) is 0. The Labute approximate surface area is 127 Å². The van der Waals surface area contributed by atoms with E-state index in [1.54, 1.807) is 12.1 Å². The monoisotopic (exact) mass is 296 g/mol. The standard InChI is InChI=1S/C17H13FN2S/c18-15-9-5-4-8-14(15)12-21-17-11-10-16(19-20-17)13-6-2-1-3-7-13/h1-11H,12H2. The van der Waals surface area contributed by atoms with Gasteiger partial charge in [-0.25, -0.2) is 4.39 Å². The average Bonchev–Trinajstić information content (AvgIpc) is 2.55. The summed E-state index contributed by atoms with van der Waals surface area (Å²) in [6, 6.07) is 20.5. The fourth-order valence-corrected chi connectivity index (χ4v) is 2.73. The first kappa shape index (κ1) is 13.8. The molecule has 0 saturated heterocycles. The fraction of sp³-hybridized carbons (Fsp3) is 0.0588. The maximum Gasteiger partial charge on any atom is 0.127 e. The van der Waals surface area contributed by atoms with Crippen molar-refractivity contribution >= 4 is 11.8 Å². The maximum absolute atomic E-state index is 13.5. The minimum absolute atomic E-state index is 0.182. The molecule has 3 rings (SSSR count). The molecule has 0 spiro atoms. The minimum Gasteiger partial charge on any atom is -0.207 e. The van der Waals surface area contributed by atoms with Crippen LogP contribution in [0.15, 0.2) is 71.8 Å². The largest absolute Gasteiger partial charge is 0.207 e. The van der Waals surface area contributed by atoms with Crippen molar-refractivity contribution in [3.63, 3.8) is 0 Å². The van der Waals surface area contributed by atoms with Gasteiger partial charge < -0.3 is 0 Å². The number of hydrogen-bond acceptors (Lipinski definition) is 3. The van der Waals surface area contributed by atoms with E-state index in [0.717, 1.165) is 16.3 Å². The van der Waals surface area contributed by atoms with Crippen LogP contribution in [-0.2, 0) is 5.75 Å². The lowest BCUT2D eigenvalue weighted by Crippen LogP contribution is -1.91. The summed E-state index contributed by atoms with van der Waals surface area (Å²) in [7, 11) is 0. The van der Waals surface area contributed by atoms with E-state index in [0.29, 0.717) is 11.3 Å². The van der Waals surface area contributed by atoms with Crippen LogP contribution < -0.4 is 0 Å². The Hall–Kier alpha value is -2.20. The second-order valence-electron chi connectivity index (χ2n) is 4.50. The van der Waals surface area contributed by atoms with Gasteiger partial charge in [0.05, 0.1) is 5.69 Å². The topological polar surface area (TPSA) is 25.8 Å². The van der Waals surface area contributed by atoms with Gasteiger partial charge in [0.15, 0.2) is 0 Å². The number of thioether (sulfide) groups is 1. The van der Waals surface area contributed by atoms with Crippen LogP contribution in [0, 0.1) is 5.82 Å². The lowest BCUT2D eigenvalue weighted by Gasteiger charge is -2.03. The van der Waals surface area contributed by atoms with Crippen molar-refractivity contribution in [1.82, 2.24) is 10.2 Å². The first-order valence-corrected chi connectivity index (χ1v) is 7.57. The highest BCUT2D eigenvalue weighted by atomic mass is 32.2. The first-order valence-electron chi connectivity index (χ1n) is 6.58. The van der Waals surface area contributed by atoms with Gasteiger partial charge in [-0.15, -0.1) is 10.2 Å². The van der Waals surface area contributed by atoms with Crippen molar-refractivity contribution in [2.24, 2.45) is 0 Å². The molecule has 0 saturated carbocycles. The molecule has 0 fully saturated rings. The van der Waals surface area contributed by atoms with Crippen molar-refractivity contribution in [3.8, 4) is 11.3 Å². The smallest absolute Gasteiger partial charge is 0.127 e. The van der Waals surface area contributed by atoms with Crippen molar-refractivity contribution < 1.29 is 4.39 Å². The fourth-order valence-electron chi connectivity index (χ4n) is 1.93. The molecule has 0 amide bonds. The van der Waals surface area contributed by atoms with Crippen LogP contribution in [0.4, 0.5) is 4.39 Å². The van der Waals surface area contributed by atoms with E-state index in [9.17, 15) is 4.39 Å². The van der Waals surface area contributed by atoms with Gasteiger partial charge >= 0.3 is 0 Å². The molecule has 0 atom stereocenters. The number of rotatable bonds is 4. The molecule has 3 aromatic rings. The zero-order valence-electron chi connectivity index (χ0n) is 11.2. The van der Waals surface area contributed by atoms with Gasteiger partial charge in [-0.3, -0.25) is 0 Å². The number of nitrogens with zero attached hydrogens (tertiary/aromatic N) is 2. The molecule has 2 nitrogen and oxygen atoms in total. The van der Waals surface area contributed by atoms with E-state index >= 15 is 0 Å². The van der Waals surface area contributed by atoms with Gasteiger partial charge in [0.1, 0.15) is 10.8 Å². The molecule has 104 valence electrons. The van der Waals surface area contributed by atoms with E-state index < -0.39 is 0 Å². The van der Waals surface area contributed by atoms with Crippen LogP contribution in [0.25, 0.3) is 11.3 Å². The van der Waals surface area contributed by atoms with E-state index in [1.807, 2.05) is 48.5 Å². The number of halogens is 1. The van der Waals surface area contributed by atoms with Gasteiger partial charge in [0, 0.05) is 11.3 Å². The van der Waals surface area contributed by atoms with E-state index in [2.05, 4.69) is 10.2 Å². The van der Waals surface area contributed by atoms with E-state index in [4.69, 9.17) is 0 Å². The highest BCUT2D eigenvalue weighted by molar-refractivity contribution is 7.98. The molecule has 0 N–H and O–H groups in total. The average molecular weight is 296 g/mol. The summed E-state index contributed by atoms with van der Waals surface area (Å²) >= 11 is 1.48. The third kappa shape index (κ3) is 3.47. The summed E-state index contributed by atoms with van der Waals surface area (Å²) in [4.78, 5) is 0. The van der Waals surface area contributed by atoms with Crippen LogP contribution in [-0.4, -0.2) is 10.2 Å². The molecule has 0 aliphatic carbocycles. The second kappa shape index (κ2) is 6.50. The van der Waals surface area contributed by atoms with Crippen molar-refractivity contribution in [2.75, 3.05) is 0 Å². The van der Waals surface area contributed by atoms with Crippen LogP contribution in [0.1, 0.15) is 5.56 Å². The zero-order valence-corrected chi connectivity index (χ0v) is 12.1. The molecule has 0 aliphatic rings. The van der Waals surface area contributed by atoms with Crippen LogP contribution >= 0.6 is 11.8 Å². The van der Waals surface area contributed by atoms with E-state index in [1.165, 1.54) is 17.8 Å². The van der Waals surface area contributed by atoms with Gasteiger partial charge in [-0.05, 0) is 23.8 Å². The Balaban J connectivity index is 1.69. The Morgan fingerprint density at radius 3 is 2.29 bits per heavy atom. The molecular weight excluding hydrogens is 283 g/mol. The van der Waals surface area contributed by atoms with Crippen LogP contribution in [0.5, 0.6) is 0 Å². The third-order valence-electron chi connectivity index (χ3n) is 3.04. The Bertz CT molecular complexity index is 714. The molecule has 0 bridgehead atoms.